The van der Waals surface area contributed by atoms with Crippen LogP contribution in [-0.2, 0) is 11.3 Å². The van der Waals surface area contributed by atoms with Crippen LogP contribution in [-0.4, -0.2) is 40.5 Å². The number of pyridine rings is 1. The summed E-state index contributed by atoms with van der Waals surface area (Å²) in [4.78, 5) is 31.4. The minimum Gasteiger partial charge on any atom is -0.383 e. The average molecular weight is 337 g/mol. The van der Waals surface area contributed by atoms with Gasteiger partial charge in [-0.2, -0.15) is 0 Å². The first-order valence-corrected chi connectivity index (χ1v) is 7.99. The number of nitrogens with zero attached hydrogens (tertiary/aromatic N) is 3. The number of hydrogen-bond acceptors (Lipinski definition) is 4. The fourth-order valence-corrected chi connectivity index (χ4v) is 2.60. The van der Waals surface area contributed by atoms with Crippen LogP contribution < -0.4 is 5.56 Å². The average Bonchev–Trinajstić information content (AvgIpc) is 2.66. The van der Waals surface area contributed by atoms with E-state index in [9.17, 15) is 9.59 Å². The smallest absolute Gasteiger partial charge is 0.270 e. The van der Waals surface area contributed by atoms with Gasteiger partial charge in [-0.05, 0) is 17.7 Å². The van der Waals surface area contributed by atoms with Crippen LogP contribution in [0.1, 0.15) is 15.9 Å². The molecule has 0 N–H and O–H groups in total. The van der Waals surface area contributed by atoms with Crippen molar-refractivity contribution in [2.75, 3.05) is 20.3 Å². The highest BCUT2D eigenvalue weighted by Crippen LogP contribution is 2.08. The quantitative estimate of drug-likeness (QED) is 0.690. The largest absolute Gasteiger partial charge is 0.383 e. The second kappa shape index (κ2) is 7.72. The lowest BCUT2D eigenvalue weighted by Crippen LogP contribution is -2.37. The van der Waals surface area contributed by atoms with Crippen LogP contribution >= 0.6 is 0 Å². The summed E-state index contributed by atoms with van der Waals surface area (Å²) < 4.78 is 6.48. The third-order valence-electron chi connectivity index (χ3n) is 3.91. The summed E-state index contributed by atoms with van der Waals surface area (Å²) in [6.45, 7) is 1.18. The van der Waals surface area contributed by atoms with Gasteiger partial charge < -0.3 is 9.64 Å². The molecule has 2 aromatic heterocycles. The number of ether oxygens (including phenoxy) is 1. The van der Waals surface area contributed by atoms with Crippen LogP contribution in [0.4, 0.5) is 0 Å². The van der Waals surface area contributed by atoms with Crippen molar-refractivity contribution in [2.45, 2.75) is 6.54 Å². The Morgan fingerprint density at radius 1 is 1.16 bits per heavy atom. The molecule has 0 saturated carbocycles. The van der Waals surface area contributed by atoms with Gasteiger partial charge in [-0.1, -0.05) is 36.4 Å². The molecular formula is C19H19N3O3. The number of fused-ring (bicyclic) bond motifs is 1. The Hall–Kier alpha value is -2.99. The fraction of sp³-hybridized carbons (Fsp3) is 0.211. The number of rotatable bonds is 6. The summed E-state index contributed by atoms with van der Waals surface area (Å²) in [5.74, 6) is -0.350. The molecule has 25 heavy (non-hydrogen) atoms. The van der Waals surface area contributed by atoms with Crippen LogP contribution in [0.2, 0.25) is 0 Å². The predicted molar refractivity (Wildman–Crippen MR) is 94.5 cm³/mol. The molecule has 0 aliphatic heterocycles. The van der Waals surface area contributed by atoms with Crippen molar-refractivity contribution in [1.82, 2.24) is 14.3 Å². The van der Waals surface area contributed by atoms with Gasteiger partial charge in [0.25, 0.3) is 11.5 Å². The number of carbonyl (C=O) groups excluding carboxylic acids is 1. The molecule has 0 aliphatic rings. The summed E-state index contributed by atoms with van der Waals surface area (Å²) in [7, 11) is 1.58. The van der Waals surface area contributed by atoms with E-state index in [1.807, 2.05) is 30.3 Å². The molecule has 0 saturated heterocycles. The number of benzene rings is 1. The molecule has 6 nitrogen and oxygen atoms in total. The maximum Gasteiger partial charge on any atom is 0.270 e. The molecule has 3 aromatic rings. The number of methoxy groups -OCH3 is 1. The Bertz CT molecular complexity index is 922. The molecule has 1 aromatic carbocycles. The molecule has 6 heteroatoms. The van der Waals surface area contributed by atoms with E-state index in [2.05, 4.69) is 4.98 Å². The van der Waals surface area contributed by atoms with Crippen molar-refractivity contribution >= 4 is 11.6 Å². The first-order chi connectivity index (χ1) is 12.2. The number of aromatic nitrogens is 2. The van der Waals surface area contributed by atoms with Crippen LogP contribution in [0, 0.1) is 0 Å². The number of carbonyl (C=O) groups is 1. The first kappa shape index (κ1) is 16.9. The van der Waals surface area contributed by atoms with Crippen molar-refractivity contribution in [3.63, 3.8) is 0 Å². The Labute approximate surface area is 145 Å². The lowest BCUT2D eigenvalue weighted by molar-refractivity contribution is 0.0678. The van der Waals surface area contributed by atoms with Gasteiger partial charge in [0, 0.05) is 32.6 Å². The van der Waals surface area contributed by atoms with E-state index in [-0.39, 0.29) is 17.0 Å². The molecule has 3 rings (SSSR count). The third kappa shape index (κ3) is 3.75. The van der Waals surface area contributed by atoms with Crippen molar-refractivity contribution in [3.8, 4) is 0 Å². The van der Waals surface area contributed by atoms with Crippen molar-refractivity contribution in [1.29, 1.82) is 0 Å². The number of amides is 1. The highest BCUT2D eigenvalue weighted by atomic mass is 16.5. The van der Waals surface area contributed by atoms with Gasteiger partial charge in [0.2, 0.25) is 0 Å². The summed E-state index contributed by atoms with van der Waals surface area (Å²) in [5.41, 5.74) is 1.18. The molecule has 0 bridgehead atoms. The zero-order chi connectivity index (χ0) is 17.6. The predicted octanol–water partition coefficient (Wildman–Crippen LogP) is 1.98. The molecule has 0 aliphatic carbocycles. The minimum atomic E-state index is -0.369. The van der Waals surface area contributed by atoms with E-state index in [4.69, 9.17) is 4.74 Å². The van der Waals surface area contributed by atoms with E-state index >= 15 is 0 Å². The number of hydrogen-bond donors (Lipinski definition) is 0. The molecule has 0 atom stereocenters. The molecule has 0 fully saturated rings. The zero-order valence-corrected chi connectivity index (χ0v) is 14.0. The van der Waals surface area contributed by atoms with Gasteiger partial charge in [0.15, 0.2) is 0 Å². The summed E-state index contributed by atoms with van der Waals surface area (Å²) in [6, 6.07) is 14.9. The van der Waals surface area contributed by atoms with E-state index in [0.29, 0.717) is 25.3 Å². The van der Waals surface area contributed by atoms with E-state index in [1.165, 1.54) is 10.6 Å². The fourth-order valence-electron chi connectivity index (χ4n) is 2.60. The van der Waals surface area contributed by atoms with Gasteiger partial charge in [-0.15, -0.1) is 0 Å². The SMILES string of the molecule is COCCN(Cc1ccccc1)C(=O)c1cnc2ccccn2c1=O. The van der Waals surface area contributed by atoms with Crippen LogP contribution in [0.15, 0.2) is 65.7 Å². The van der Waals surface area contributed by atoms with E-state index in [1.54, 1.807) is 36.4 Å². The molecular weight excluding hydrogens is 318 g/mol. The molecule has 0 unspecified atom stereocenters. The van der Waals surface area contributed by atoms with E-state index in [0.717, 1.165) is 5.56 Å². The molecule has 1 amide bonds. The normalized spacial score (nSPS) is 10.8. The van der Waals surface area contributed by atoms with Gasteiger partial charge in [0.1, 0.15) is 11.2 Å². The molecule has 128 valence electrons. The topological polar surface area (TPSA) is 63.9 Å². The third-order valence-corrected chi connectivity index (χ3v) is 3.91. The molecule has 0 spiro atoms. The zero-order valence-electron chi connectivity index (χ0n) is 14.0. The minimum absolute atomic E-state index is 0.0516. The maximum atomic E-state index is 12.9. The monoisotopic (exact) mass is 337 g/mol. The van der Waals surface area contributed by atoms with Gasteiger partial charge in [0.05, 0.1) is 6.61 Å². The van der Waals surface area contributed by atoms with Gasteiger partial charge >= 0.3 is 0 Å². The Balaban J connectivity index is 1.94. The van der Waals surface area contributed by atoms with Crippen LogP contribution in [0.5, 0.6) is 0 Å². The molecule has 2 heterocycles. The van der Waals surface area contributed by atoms with Gasteiger partial charge in [-0.25, -0.2) is 4.98 Å². The summed E-state index contributed by atoms with van der Waals surface area (Å²) in [6.07, 6.45) is 2.96. The lowest BCUT2D eigenvalue weighted by atomic mass is 10.2. The van der Waals surface area contributed by atoms with Crippen LogP contribution in [0.3, 0.4) is 0 Å². The maximum absolute atomic E-state index is 12.9. The Kier molecular flexibility index (Phi) is 5.20. The summed E-state index contributed by atoms with van der Waals surface area (Å²) in [5, 5.41) is 0. The summed E-state index contributed by atoms with van der Waals surface area (Å²) >= 11 is 0. The Morgan fingerprint density at radius 2 is 1.92 bits per heavy atom. The lowest BCUT2D eigenvalue weighted by Gasteiger charge is -2.22. The Morgan fingerprint density at radius 3 is 2.68 bits per heavy atom. The van der Waals surface area contributed by atoms with E-state index < -0.39 is 0 Å². The van der Waals surface area contributed by atoms with Crippen molar-refractivity contribution in [3.05, 3.63) is 82.4 Å². The highest BCUT2D eigenvalue weighted by molar-refractivity contribution is 5.93. The van der Waals surface area contributed by atoms with Crippen molar-refractivity contribution < 1.29 is 9.53 Å². The second-order valence-corrected chi connectivity index (χ2v) is 5.61. The standard InChI is InChI=1S/C19H19N3O3/c1-25-12-11-21(14-15-7-3-2-4-8-15)18(23)16-13-20-17-9-5-6-10-22(17)19(16)24/h2-10,13H,11-12,14H2,1H3. The van der Waals surface area contributed by atoms with Crippen molar-refractivity contribution in [2.24, 2.45) is 0 Å². The molecule has 0 radical (unpaired) electrons. The first-order valence-electron chi connectivity index (χ1n) is 7.99. The second-order valence-electron chi connectivity index (χ2n) is 5.61. The van der Waals surface area contributed by atoms with Crippen LogP contribution in [0.25, 0.3) is 5.65 Å². The van der Waals surface area contributed by atoms with Gasteiger partial charge in [-0.3, -0.25) is 14.0 Å². The highest BCUT2D eigenvalue weighted by Gasteiger charge is 2.20.